The number of hydrogen-bond acceptors (Lipinski definition) is 6. The van der Waals surface area contributed by atoms with E-state index in [9.17, 15) is 9.59 Å². The highest BCUT2D eigenvalue weighted by Crippen LogP contribution is 2.18. The van der Waals surface area contributed by atoms with Crippen LogP contribution in [0.1, 0.15) is 220 Å². The lowest BCUT2D eigenvalue weighted by molar-refractivity contribution is -0.150. The Morgan fingerprint density at radius 1 is 0.449 bits per heavy atom. The van der Waals surface area contributed by atoms with Crippen LogP contribution in [0.2, 0.25) is 0 Å². The minimum Gasteiger partial charge on any atom is -0.466 e. The van der Waals surface area contributed by atoms with E-state index in [0.717, 1.165) is 58.1 Å². The fourth-order valence-electron chi connectivity index (χ4n) is 6.60. The molecule has 0 aromatic carbocycles. The highest BCUT2D eigenvalue weighted by atomic mass is 16.5. The summed E-state index contributed by atoms with van der Waals surface area (Å²) in [6.07, 6.45) is 36.2. The summed E-state index contributed by atoms with van der Waals surface area (Å²) in [6, 6.07) is 0. The molecule has 49 heavy (non-hydrogen) atoms. The van der Waals surface area contributed by atoms with Crippen LogP contribution in [0.5, 0.6) is 0 Å². The van der Waals surface area contributed by atoms with E-state index in [4.69, 9.17) is 14.2 Å². The van der Waals surface area contributed by atoms with Gasteiger partial charge in [0.2, 0.25) is 0 Å². The molecule has 0 fully saturated rings. The smallest absolute Gasteiger partial charge is 0.306 e. The zero-order valence-electron chi connectivity index (χ0n) is 33.5. The van der Waals surface area contributed by atoms with E-state index in [1.807, 2.05) is 0 Å². The van der Waals surface area contributed by atoms with Crippen LogP contribution < -0.4 is 0 Å². The van der Waals surface area contributed by atoms with Crippen molar-refractivity contribution in [1.82, 2.24) is 4.90 Å². The molecule has 0 atom stereocenters. The second-order valence-corrected chi connectivity index (χ2v) is 14.7. The molecule has 0 aliphatic carbocycles. The van der Waals surface area contributed by atoms with Crippen molar-refractivity contribution in [3.05, 3.63) is 0 Å². The van der Waals surface area contributed by atoms with Crippen molar-refractivity contribution in [3.63, 3.8) is 0 Å². The number of esters is 2. The van der Waals surface area contributed by atoms with Crippen molar-refractivity contribution in [2.24, 2.45) is 0 Å². The van der Waals surface area contributed by atoms with E-state index in [-0.39, 0.29) is 18.0 Å². The van der Waals surface area contributed by atoms with E-state index in [2.05, 4.69) is 25.7 Å². The predicted octanol–water partition coefficient (Wildman–Crippen LogP) is 12.5. The van der Waals surface area contributed by atoms with Crippen molar-refractivity contribution in [2.45, 2.75) is 226 Å². The molecule has 0 rings (SSSR count). The van der Waals surface area contributed by atoms with E-state index < -0.39 is 0 Å². The maximum atomic E-state index is 12.5. The molecule has 0 aromatic rings. The molecule has 0 bridgehead atoms. The van der Waals surface area contributed by atoms with E-state index in [1.165, 1.54) is 154 Å². The van der Waals surface area contributed by atoms with Crippen molar-refractivity contribution < 1.29 is 23.8 Å². The Kier molecular flexibility index (Phi) is 38.7. The van der Waals surface area contributed by atoms with E-state index in [1.54, 1.807) is 7.11 Å². The lowest BCUT2D eigenvalue weighted by Crippen LogP contribution is -2.29. The number of rotatable bonds is 40. The van der Waals surface area contributed by atoms with Crippen LogP contribution in [0.3, 0.4) is 0 Å². The molecule has 6 heteroatoms. The summed E-state index contributed by atoms with van der Waals surface area (Å²) in [6.45, 7) is 11.5. The zero-order chi connectivity index (χ0) is 35.9. The van der Waals surface area contributed by atoms with Crippen LogP contribution in [0.15, 0.2) is 0 Å². The predicted molar refractivity (Wildman–Crippen MR) is 209 cm³/mol. The Bertz CT molecular complexity index is 675. The molecular weight excluding hydrogens is 610 g/mol. The van der Waals surface area contributed by atoms with Crippen LogP contribution in [-0.2, 0) is 23.8 Å². The molecule has 0 aliphatic rings. The molecule has 0 unspecified atom stereocenters. The fraction of sp³-hybridized carbons (Fsp3) is 0.953. The van der Waals surface area contributed by atoms with E-state index in [0.29, 0.717) is 19.4 Å². The van der Waals surface area contributed by atoms with Crippen LogP contribution in [0.25, 0.3) is 0 Å². The monoisotopic (exact) mass is 696 g/mol. The van der Waals surface area contributed by atoms with Crippen LogP contribution >= 0.6 is 0 Å². The van der Waals surface area contributed by atoms with Gasteiger partial charge in [-0.3, -0.25) is 9.59 Å². The molecule has 0 saturated carbocycles. The van der Waals surface area contributed by atoms with Crippen molar-refractivity contribution in [2.75, 3.05) is 40.0 Å². The zero-order valence-corrected chi connectivity index (χ0v) is 33.5. The summed E-state index contributed by atoms with van der Waals surface area (Å²) in [5, 5.41) is 0. The average molecular weight is 696 g/mol. The van der Waals surface area contributed by atoms with Gasteiger partial charge in [-0.15, -0.1) is 0 Å². The number of ether oxygens (including phenoxy) is 3. The summed E-state index contributed by atoms with van der Waals surface area (Å²) in [4.78, 5) is 27.0. The molecular formula is C43H85NO5. The molecule has 0 spiro atoms. The summed E-state index contributed by atoms with van der Waals surface area (Å²) in [5.41, 5.74) is 0. The van der Waals surface area contributed by atoms with Crippen molar-refractivity contribution in [3.8, 4) is 0 Å². The number of methoxy groups -OCH3 is 1. The minimum absolute atomic E-state index is 0.00882. The first-order valence-corrected chi connectivity index (χ1v) is 21.6. The van der Waals surface area contributed by atoms with Gasteiger partial charge in [0.1, 0.15) is 6.10 Å². The average Bonchev–Trinajstić information content (AvgIpc) is 3.10. The summed E-state index contributed by atoms with van der Waals surface area (Å²) in [5.74, 6) is 0.0233. The minimum atomic E-state index is -0.00882. The third kappa shape index (κ3) is 36.5. The second-order valence-electron chi connectivity index (χ2n) is 14.7. The topological polar surface area (TPSA) is 65.1 Å². The van der Waals surface area contributed by atoms with Crippen LogP contribution in [0, 0.1) is 0 Å². The SMILES string of the molecule is CCCCCCCOC(=O)CCCCCCCCCN(CCCCCCCCCC(=O)OC(CCCCCC)CCCCCC)CCOC. The molecule has 292 valence electrons. The molecule has 0 aromatic heterocycles. The molecule has 0 N–H and O–H groups in total. The highest BCUT2D eigenvalue weighted by Gasteiger charge is 2.14. The van der Waals surface area contributed by atoms with Crippen LogP contribution in [-0.4, -0.2) is 62.9 Å². The normalized spacial score (nSPS) is 11.6. The Morgan fingerprint density at radius 3 is 1.35 bits per heavy atom. The number of carbonyl (C=O) groups is 2. The first kappa shape index (κ1) is 47.9. The molecule has 0 heterocycles. The Hall–Kier alpha value is -1.14. The standard InChI is InChI=1S/C43H85NO5/c1-5-8-11-24-31-39-48-42(45)34-27-20-16-14-18-22-29-36-44(38-40-47-4)37-30-23-19-15-17-21-28-35-43(46)49-41(32-25-12-9-6-2)33-26-13-10-7-3/h41H,5-40H2,1-4H3. The Balaban J connectivity index is 3.84. The summed E-state index contributed by atoms with van der Waals surface area (Å²) < 4.78 is 16.7. The van der Waals surface area contributed by atoms with Gasteiger partial charge >= 0.3 is 11.9 Å². The molecule has 0 amide bonds. The van der Waals surface area contributed by atoms with Gasteiger partial charge in [0, 0.05) is 26.5 Å². The first-order chi connectivity index (χ1) is 24.1. The first-order valence-electron chi connectivity index (χ1n) is 21.6. The van der Waals surface area contributed by atoms with Gasteiger partial charge in [-0.05, 0) is 70.9 Å². The van der Waals surface area contributed by atoms with Gasteiger partial charge in [-0.25, -0.2) is 0 Å². The Labute approximate surface area is 305 Å². The lowest BCUT2D eigenvalue weighted by Gasteiger charge is -2.22. The molecule has 6 nitrogen and oxygen atoms in total. The number of nitrogens with zero attached hydrogens (tertiary/aromatic N) is 1. The van der Waals surface area contributed by atoms with Gasteiger partial charge in [-0.2, -0.15) is 0 Å². The quantitative estimate of drug-likeness (QED) is 0.0469. The lowest BCUT2D eigenvalue weighted by atomic mass is 10.0. The number of hydrogen-bond donors (Lipinski definition) is 0. The maximum absolute atomic E-state index is 12.5. The molecule has 0 aliphatic heterocycles. The summed E-state index contributed by atoms with van der Waals surface area (Å²) in [7, 11) is 1.80. The van der Waals surface area contributed by atoms with Gasteiger partial charge in [0.25, 0.3) is 0 Å². The van der Waals surface area contributed by atoms with Gasteiger partial charge in [0.05, 0.1) is 13.2 Å². The van der Waals surface area contributed by atoms with Gasteiger partial charge in [-0.1, -0.05) is 149 Å². The van der Waals surface area contributed by atoms with E-state index >= 15 is 0 Å². The number of carbonyl (C=O) groups excluding carboxylic acids is 2. The Morgan fingerprint density at radius 2 is 0.857 bits per heavy atom. The second kappa shape index (κ2) is 39.6. The largest absolute Gasteiger partial charge is 0.466 e. The molecule has 0 radical (unpaired) electrons. The maximum Gasteiger partial charge on any atom is 0.306 e. The van der Waals surface area contributed by atoms with Crippen molar-refractivity contribution in [1.29, 1.82) is 0 Å². The van der Waals surface area contributed by atoms with Gasteiger partial charge in [0.15, 0.2) is 0 Å². The fourth-order valence-corrected chi connectivity index (χ4v) is 6.60. The van der Waals surface area contributed by atoms with Crippen molar-refractivity contribution >= 4 is 11.9 Å². The van der Waals surface area contributed by atoms with Gasteiger partial charge < -0.3 is 19.1 Å². The third-order valence-corrected chi connectivity index (χ3v) is 9.89. The number of unbranched alkanes of at least 4 members (excludes halogenated alkanes) is 22. The molecule has 0 saturated heterocycles. The summed E-state index contributed by atoms with van der Waals surface area (Å²) >= 11 is 0. The highest BCUT2D eigenvalue weighted by molar-refractivity contribution is 5.69. The van der Waals surface area contributed by atoms with Crippen LogP contribution in [0.4, 0.5) is 0 Å². The third-order valence-electron chi connectivity index (χ3n) is 9.89.